The van der Waals surface area contributed by atoms with Gasteiger partial charge in [-0.1, -0.05) is 24.3 Å². The molecule has 0 bridgehead atoms. The molecule has 0 radical (unpaired) electrons. The maximum Gasteiger partial charge on any atom is 0.253 e. The highest BCUT2D eigenvalue weighted by Gasteiger charge is 2.13. The number of aromatic nitrogens is 1. The molecule has 2 N–H and O–H groups in total. The lowest BCUT2D eigenvalue weighted by atomic mass is 10.2. The highest BCUT2D eigenvalue weighted by atomic mass is 32.1. The number of benzene rings is 1. The standard InChI is InChI=1S/C18H18N2O3S/c1-12-5-4-8-20(18(12)23)11-17(22)19-10-14(21)16-9-13-6-2-3-7-15(13)24-16/h2-9,14,21H,10-11H2,1H3,(H,19,22). The smallest absolute Gasteiger partial charge is 0.253 e. The molecule has 3 aromatic rings. The van der Waals surface area contributed by atoms with E-state index in [1.165, 1.54) is 15.9 Å². The number of aliphatic hydroxyl groups is 1. The predicted molar refractivity (Wildman–Crippen MR) is 95.2 cm³/mol. The van der Waals surface area contributed by atoms with Crippen LogP contribution in [-0.2, 0) is 11.3 Å². The zero-order valence-corrected chi connectivity index (χ0v) is 14.0. The summed E-state index contributed by atoms with van der Waals surface area (Å²) in [5.41, 5.74) is 0.410. The number of nitrogens with zero attached hydrogens (tertiary/aromatic N) is 1. The molecule has 0 aliphatic rings. The summed E-state index contributed by atoms with van der Waals surface area (Å²) in [6.45, 7) is 1.77. The fourth-order valence-electron chi connectivity index (χ4n) is 2.47. The van der Waals surface area contributed by atoms with Crippen molar-refractivity contribution in [3.8, 4) is 0 Å². The van der Waals surface area contributed by atoms with Crippen LogP contribution in [0.1, 0.15) is 16.5 Å². The number of carbonyl (C=O) groups excluding carboxylic acids is 1. The van der Waals surface area contributed by atoms with E-state index in [0.29, 0.717) is 5.56 Å². The quantitative estimate of drug-likeness (QED) is 0.747. The van der Waals surface area contributed by atoms with E-state index in [1.807, 2.05) is 30.3 Å². The van der Waals surface area contributed by atoms with E-state index in [2.05, 4.69) is 5.32 Å². The van der Waals surface area contributed by atoms with Gasteiger partial charge in [0, 0.05) is 27.9 Å². The molecule has 0 spiro atoms. The molecule has 6 heteroatoms. The SMILES string of the molecule is Cc1cccn(CC(=O)NCC(O)c2cc3ccccc3s2)c1=O. The van der Waals surface area contributed by atoms with Gasteiger partial charge in [-0.3, -0.25) is 9.59 Å². The van der Waals surface area contributed by atoms with Crippen LogP contribution in [0.4, 0.5) is 0 Å². The average Bonchev–Trinajstić information content (AvgIpc) is 3.01. The number of carbonyl (C=O) groups is 1. The molecule has 1 amide bonds. The first-order chi connectivity index (χ1) is 11.5. The molecule has 24 heavy (non-hydrogen) atoms. The molecule has 5 nitrogen and oxygen atoms in total. The van der Waals surface area contributed by atoms with Gasteiger partial charge in [-0.2, -0.15) is 0 Å². The zero-order valence-electron chi connectivity index (χ0n) is 13.2. The number of hydrogen-bond acceptors (Lipinski definition) is 4. The van der Waals surface area contributed by atoms with E-state index in [4.69, 9.17) is 0 Å². The molecule has 2 aromatic heterocycles. The van der Waals surface area contributed by atoms with Gasteiger partial charge in [0.15, 0.2) is 0 Å². The van der Waals surface area contributed by atoms with Crippen molar-refractivity contribution in [3.05, 3.63) is 69.5 Å². The van der Waals surface area contributed by atoms with Crippen LogP contribution in [0, 0.1) is 6.92 Å². The van der Waals surface area contributed by atoms with Crippen LogP contribution in [0.15, 0.2) is 53.5 Å². The Hall–Kier alpha value is -2.44. The summed E-state index contributed by atoms with van der Waals surface area (Å²) in [4.78, 5) is 24.7. The zero-order chi connectivity index (χ0) is 17.1. The normalized spacial score (nSPS) is 12.2. The van der Waals surface area contributed by atoms with Gasteiger partial charge in [0.25, 0.3) is 5.56 Å². The summed E-state index contributed by atoms with van der Waals surface area (Å²) in [5.74, 6) is -0.303. The first-order valence-corrected chi connectivity index (χ1v) is 8.45. The van der Waals surface area contributed by atoms with Crippen molar-refractivity contribution < 1.29 is 9.90 Å². The Morgan fingerprint density at radius 3 is 2.88 bits per heavy atom. The van der Waals surface area contributed by atoms with E-state index >= 15 is 0 Å². The second kappa shape index (κ2) is 6.98. The summed E-state index contributed by atoms with van der Waals surface area (Å²) in [6.07, 6.45) is 0.817. The fraction of sp³-hybridized carbons (Fsp3) is 0.222. The number of hydrogen-bond donors (Lipinski definition) is 2. The molecule has 0 fully saturated rings. The molecule has 1 atom stereocenters. The minimum Gasteiger partial charge on any atom is -0.386 e. The third-order valence-electron chi connectivity index (χ3n) is 3.79. The van der Waals surface area contributed by atoms with Crippen molar-refractivity contribution >= 4 is 27.3 Å². The van der Waals surface area contributed by atoms with E-state index in [0.717, 1.165) is 15.0 Å². The Kier molecular flexibility index (Phi) is 4.78. The van der Waals surface area contributed by atoms with E-state index in [-0.39, 0.29) is 24.6 Å². The second-order valence-corrected chi connectivity index (χ2v) is 6.75. The second-order valence-electron chi connectivity index (χ2n) is 5.63. The highest BCUT2D eigenvalue weighted by molar-refractivity contribution is 7.19. The minimum absolute atomic E-state index is 0.0559. The highest BCUT2D eigenvalue weighted by Crippen LogP contribution is 2.29. The van der Waals surface area contributed by atoms with E-state index in [9.17, 15) is 14.7 Å². The monoisotopic (exact) mass is 342 g/mol. The van der Waals surface area contributed by atoms with Crippen molar-refractivity contribution in [1.82, 2.24) is 9.88 Å². The van der Waals surface area contributed by atoms with Gasteiger partial charge < -0.3 is 15.0 Å². The molecule has 1 aromatic carbocycles. The first kappa shape index (κ1) is 16.4. The number of aliphatic hydroxyl groups excluding tert-OH is 1. The molecular formula is C18H18N2O3S. The lowest BCUT2D eigenvalue weighted by Crippen LogP contribution is -2.34. The number of rotatable bonds is 5. The van der Waals surface area contributed by atoms with Crippen LogP contribution >= 0.6 is 11.3 Å². The van der Waals surface area contributed by atoms with Crippen molar-refractivity contribution in [1.29, 1.82) is 0 Å². The summed E-state index contributed by atoms with van der Waals surface area (Å²) >= 11 is 1.51. The average molecular weight is 342 g/mol. The third-order valence-corrected chi connectivity index (χ3v) is 5.01. The Balaban J connectivity index is 1.61. The van der Waals surface area contributed by atoms with Crippen molar-refractivity contribution in [3.63, 3.8) is 0 Å². The molecule has 2 heterocycles. The third kappa shape index (κ3) is 3.55. The van der Waals surface area contributed by atoms with E-state index < -0.39 is 6.10 Å². The van der Waals surface area contributed by atoms with Gasteiger partial charge in [0.05, 0.1) is 0 Å². The molecule has 0 saturated carbocycles. The van der Waals surface area contributed by atoms with Crippen LogP contribution in [0.2, 0.25) is 0 Å². The fourth-order valence-corrected chi connectivity index (χ4v) is 3.52. The van der Waals surface area contributed by atoms with Crippen LogP contribution in [0.5, 0.6) is 0 Å². The van der Waals surface area contributed by atoms with Gasteiger partial charge in [0.2, 0.25) is 5.91 Å². The maximum atomic E-state index is 12.0. The van der Waals surface area contributed by atoms with Gasteiger partial charge in [0.1, 0.15) is 12.6 Å². The number of fused-ring (bicyclic) bond motifs is 1. The Morgan fingerprint density at radius 1 is 1.29 bits per heavy atom. The van der Waals surface area contributed by atoms with E-state index in [1.54, 1.807) is 25.3 Å². The maximum absolute atomic E-state index is 12.0. The number of aryl methyl sites for hydroxylation is 1. The number of nitrogens with one attached hydrogen (secondary N) is 1. The van der Waals surface area contributed by atoms with Crippen LogP contribution in [0.25, 0.3) is 10.1 Å². The molecule has 3 rings (SSSR count). The van der Waals surface area contributed by atoms with Gasteiger partial charge in [-0.05, 0) is 30.5 Å². The largest absolute Gasteiger partial charge is 0.386 e. The summed E-state index contributed by atoms with van der Waals surface area (Å²) < 4.78 is 2.46. The topological polar surface area (TPSA) is 71.3 Å². The van der Waals surface area contributed by atoms with Crippen LogP contribution in [0.3, 0.4) is 0 Å². The molecule has 0 aliphatic carbocycles. The summed E-state index contributed by atoms with van der Waals surface area (Å²) in [5, 5.41) is 14.0. The Bertz CT molecular complexity index is 896. The van der Waals surface area contributed by atoms with Crippen molar-refractivity contribution in [2.45, 2.75) is 19.6 Å². The molecule has 0 saturated heterocycles. The van der Waals surface area contributed by atoms with Crippen LogP contribution in [-0.4, -0.2) is 22.1 Å². The number of amides is 1. The molecule has 124 valence electrons. The lowest BCUT2D eigenvalue weighted by molar-refractivity contribution is -0.122. The van der Waals surface area contributed by atoms with Gasteiger partial charge in [-0.25, -0.2) is 0 Å². The van der Waals surface area contributed by atoms with Crippen molar-refractivity contribution in [2.24, 2.45) is 0 Å². The van der Waals surface area contributed by atoms with Crippen molar-refractivity contribution in [2.75, 3.05) is 6.54 Å². The first-order valence-electron chi connectivity index (χ1n) is 7.64. The molecule has 1 unspecified atom stereocenters. The molecule has 0 aliphatic heterocycles. The van der Waals surface area contributed by atoms with Crippen LogP contribution < -0.4 is 10.9 Å². The summed E-state index contributed by atoms with van der Waals surface area (Å²) in [7, 11) is 0. The Labute approximate surface area is 143 Å². The summed E-state index contributed by atoms with van der Waals surface area (Å²) in [6, 6.07) is 13.3. The molecular weight excluding hydrogens is 324 g/mol. The predicted octanol–water partition coefficient (Wildman–Crippen LogP) is 2.22. The Morgan fingerprint density at radius 2 is 2.08 bits per heavy atom. The number of thiophene rings is 1. The van der Waals surface area contributed by atoms with Gasteiger partial charge >= 0.3 is 0 Å². The van der Waals surface area contributed by atoms with Gasteiger partial charge in [-0.15, -0.1) is 11.3 Å². The lowest BCUT2D eigenvalue weighted by Gasteiger charge is -2.11. The minimum atomic E-state index is -0.763. The number of pyridine rings is 1.